The van der Waals surface area contributed by atoms with Crippen LogP contribution in [0.3, 0.4) is 0 Å². The summed E-state index contributed by atoms with van der Waals surface area (Å²) in [6.07, 6.45) is 3.33. The SMILES string of the molecule is CON(C)C(=O)n1cccc1. The Hall–Kier alpha value is -1.29. The second kappa shape index (κ2) is 3.21. The fraction of sp³-hybridized carbons (Fsp3) is 0.286. The molecule has 0 N–H and O–H groups in total. The molecule has 11 heavy (non-hydrogen) atoms. The van der Waals surface area contributed by atoms with Gasteiger partial charge in [-0.1, -0.05) is 0 Å². The molecule has 1 aromatic heterocycles. The highest BCUT2D eigenvalue weighted by molar-refractivity contribution is 5.75. The van der Waals surface area contributed by atoms with Crippen LogP contribution in [0.4, 0.5) is 4.79 Å². The summed E-state index contributed by atoms with van der Waals surface area (Å²) in [7, 11) is 3.00. The molecule has 0 aliphatic heterocycles. The van der Waals surface area contributed by atoms with Crippen molar-refractivity contribution in [1.29, 1.82) is 0 Å². The number of hydrogen-bond acceptors (Lipinski definition) is 2. The molecule has 0 fully saturated rings. The van der Waals surface area contributed by atoms with Crippen LogP contribution < -0.4 is 0 Å². The van der Waals surface area contributed by atoms with Gasteiger partial charge in [-0.15, -0.1) is 0 Å². The monoisotopic (exact) mass is 154 g/mol. The van der Waals surface area contributed by atoms with Crippen molar-refractivity contribution in [3.63, 3.8) is 0 Å². The Kier molecular flexibility index (Phi) is 2.28. The maximum absolute atomic E-state index is 11.2. The van der Waals surface area contributed by atoms with E-state index in [1.807, 2.05) is 0 Å². The normalized spacial score (nSPS) is 9.64. The van der Waals surface area contributed by atoms with Gasteiger partial charge < -0.3 is 0 Å². The van der Waals surface area contributed by atoms with Crippen LogP contribution >= 0.6 is 0 Å². The van der Waals surface area contributed by atoms with Crippen molar-refractivity contribution >= 4 is 6.03 Å². The first-order valence-electron chi connectivity index (χ1n) is 3.21. The molecule has 0 unspecified atom stereocenters. The van der Waals surface area contributed by atoms with E-state index in [9.17, 15) is 4.79 Å². The van der Waals surface area contributed by atoms with Crippen molar-refractivity contribution in [3.05, 3.63) is 24.5 Å². The molecule has 0 atom stereocenters. The van der Waals surface area contributed by atoms with Gasteiger partial charge in [0.05, 0.1) is 7.11 Å². The standard InChI is InChI=1S/C7H10N2O2/c1-8(11-2)7(10)9-5-3-4-6-9/h3-6H,1-2H3. The van der Waals surface area contributed by atoms with E-state index in [4.69, 9.17) is 4.84 Å². The number of amides is 1. The zero-order chi connectivity index (χ0) is 8.27. The largest absolute Gasteiger partial charge is 0.351 e. The van der Waals surface area contributed by atoms with E-state index in [1.165, 1.54) is 11.7 Å². The molecule has 1 rings (SSSR count). The minimum atomic E-state index is -0.211. The maximum Gasteiger partial charge on any atom is 0.351 e. The number of hydroxylamine groups is 2. The smallest absolute Gasteiger partial charge is 0.275 e. The van der Waals surface area contributed by atoms with Crippen LogP contribution in [0.25, 0.3) is 0 Å². The Balaban J connectivity index is 2.70. The summed E-state index contributed by atoms with van der Waals surface area (Å²) in [5.74, 6) is 0. The molecule has 0 radical (unpaired) electrons. The number of nitrogens with zero attached hydrogens (tertiary/aromatic N) is 2. The van der Waals surface area contributed by atoms with Gasteiger partial charge in [-0.05, 0) is 12.1 Å². The molecule has 0 spiro atoms. The van der Waals surface area contributed by atoms with E-state index in [-0.39, 0.29) is 6.03 Å². The average molecular weight is 154 g/mol. The molecule has 1 amide bonds. The predicted molar refractivity (Wildman–Crippen MR) is 40.0 cm³/mol. The molecule has 4 heteroatoms. The quantitative estimate of drug-likeness (QED) is 0.564. The Morgan fingerprint density at radius 1 is 1.45 bits per heavy atom. The molecule has 60 valence electrons. The number of aromatic nitrogens is 1. The molecule has 0 aliphatic carbocycles. The highest BCUT2D eigenvalue weighted by Crippen LogP contribution is 1.94. The van der Waals surface area contributed by atoms with Crippen LogP contribution in [-0.2, 0) is 4.84 Å². The van der Waals surface area contributed by atoms with Crippen molar-refractivity contribution in [1.82, 2.24) is 9.63 Å². The van der Waals surface area contributed by atoms with Gasteiger partial charge in [0.1, 0.15) is 0 Å². The fourth-order valence-corrected chi connectivity index (χ4v) is 0.703. The minimum Gasteiger partial charge on any atom is -0.275 e. The lowest BCUT2D eigenvalue weighted by molar-refractivity contribution is -0.0643. The van der Waals surface area contributed by atoms with E-state index in [1.54, 1.807) is 31.6 Å². The topological polar surface area (TPSA) is 34.5 Å². The molecule has 0 saturated carbocycles. The summed E-state index contributed by atoms with van der Waals surface area (Å²) in [5, 5.41) is 1.15. The number of carbonyl (C=O) groups excluding carboxylic acids is 1. The first kappa shape index (κ1) is 7.81. The third-order valence-corrected chi connectivity index (χ3v) is 1.37. The number of rotatable bonds is 1. The lowest BCUT2D eigenvalue weighted by Gasteiger charge is -2.13. The molecule has 0 aromatic carbocycles. The van der Waals surface area contributed by atoms with E-state index in [0.717, 1.165) is 5.06 Å². The molecular formula is C7H10N2O2. The minimum absolute atomic E-state index is 0.211. The highest BCUT2D eigenvalue weighted by atomic mass is 16.7. The van der Waals surface area contributed by atoms with Crippen molar-refractivity contribution in [3.8, 4) is 0 Å². The van der Waals surface area contributed by atoms with Crippen molar-refractivity contribution in [2.45, 2.75) is 0 Å². The van der Waals surface area contributed by atoms with Crippen LogP contribution in [0, 0.1) is 0 Å². The van der Waals surface area contributed by atoms with Crippen molar-refractivity contribution in [2.24, 2.45) is 0 Å². The van der Waals surface area contributed by atoms with Crippen molar-refractivity contribution in [2.75, 3.05) is 14.2 Å². The molecule has 1 heterocycles. The third-order valence-electron chi connectivity index (χ3n) is 1.37. The molecule has 0 bridgehead atoms. The van der Waals surface area contributed by atoms with Crippen LogP contribution in [0.5, 0.6) is 0 Å². The van der Waals surface area contributed by atoms with Gasteiger partial charge in [-0.25, -0.2) is 9.86 Å². The molecular weight excluding hydrogens is 144 g/mol. The summed E-state index contributed by atoms with van der Waals surface area (Å²) >= 11 is 0. The summed E-state index contributed by atoms with van der Waals surface area (Å²) in [5.41, 5.74) is 0. The Morgan fingerprint density at radius 3 is 2.45 bits per heavy atom. The van der Waals surface area contributed by atoms with Gasteiger partial charge in [-0.2, -0.15) is 0 Å². The van der Waals surface area contributed by atoms with Crippen LogP contribution in [0.2, 0.25) is 0 Å². The summed E-state index contributed by atoms with van der Waals surface area (Å²) in [4.78, 5) is 15.9. The number of hydrogen-bond donors (Lipinski definition) is 0. The average Bonchev–Trinajstić information content (AvgIpc) is 2.53. The Morgan fingerprint density at radius 2 is 2.00 bits per heavy atom. The molecule has 1 aromatic rings. The number of carbonyl (C=O) groups is 1. The van der Waals surface area contributed by atoms with E-state index in [0.29, 0.717) is 0 Å². The third kappa shape index (κ3) is 1.59. The fourth-order valence-electron chi connectivity index (χ4n) is 0.703. The second-order valence-corrected chi connectivity index (χ2v) is 2.05. The van der Waals surface area contributed by atoms with Gasteiger partial charge in [-0.3, -0.25) is 9.40 Å². The van der Waals surface area contributed by atoms with Crippen molar-refractivity contribution < 1.29 is 9.63 Å². The Bertz CT molecular complexity index is 231. The van der Waals surface area contributed by atoms with E-state index < -0.39 is 0 Å². The first-order chi connectivity index (χ1) is 5.25. The van der Waals surface area contributed by atoms with Crippen LogP contribution in [-0.4, -0.2) is 29.8 Å². The Labute approximate surface area is 64.9 Å². The maximum atomic E-state index is 11.2. The molecule has 4 nitrogen and oxygen atoms in total. The van der Waals surface area contributed by atoms with Crippen LogP contribution in [0.1, 0.15) is 0 Å². The van der Waals surface area contributed by atoms with Gasteiger partial charge >= 0.3 is 6.03 Å². The zero-order valence-corrected chi connectivity index (χ0v) is 6.52. The highest BCUT2D eigenvalue weighted by Gasteiger charge is 2.07. The predicted octanol–water partition coefficient (Wildman–Crippen LogP) is 0.949. The van der Waals surface area contributed by atoms with Gasteiger partial charge in [0.25, 0.3) is 0 Å². The van der Waals surface area contributed by atoms with Gasteiger partial charge in [0, 0.05) is 19.4 Å². The lowest BCUT2D eigenvalue weighted by Crippen LogP contribution is -2.29. The molecule has 0 aliphatic rings. The van der Waals surface area contributed by atoms with E-state index >= 15 is 0 Å². The zero-order valence-electron chi connectivity index (χ0n) is 6.52. The second-order valence-electron chi connectivity index (χ2n) is 2.05. The first-order valence-corrected chi connectivity index (χ1v) is 3.21. The van der Waals surface area contributed by atoms with Gasteiger partial charge in [0.2, 0.25) is 0 Å². The summed E-state index contributed by atoms with van der Waals surface area (Å²) < 4.78 is 1.43. The van der Waals surface area contributed by atoms with Crippen LogP contribution in [0.15, 0.2) is 24.5 Å². The summed E-state index contributed by atoms with van der Waals surface area (Å²) in [6, 6.07) is 3.35. The van der Waals surface area contributed by atoms with Gasteiger partial charge in [0.15, 0.2) is 0 Å². The summed E-state index contributed by atoms with van der Waals surface area (Å²) in [6.45, 7) is 0. The lowest BCUT2D eigenvalue weighted by atomic mass is 10.7. The molecule has 0 saturated heterocycles. The van der Waals surface area contributed by atoms with E-state index in [2.05, 4.69) is 0 Å².